The molecule has 1 aliphatic heterocycles. The third-order valence-electron chi connectivity index (χ3n) is 3.93. The first-order valence-corrected chi connectivity index (χ1v) is 8.01. The second-order valence-electron chi connectivity index (χ2n) is 5.40. The van der Waals surface area contributed by atoms with E-state index in [-0.39, 0.29) is 0 Å². The zero-order valence-electron chi connectivity index (χ0n) is 14.2. The molecule has 2 heterocycles. The number of halogens is 1. The van der Waals surface area contributed by atoms with Crippen molar-refractivity contribution in [2.24, 2.45) is 0 Å². The summed E-state index contributed by atoms with van der Waals surface area (Å²) in [4.78, 5) is 26.5. The van der Waals surface area contributed by atoms with Crippen molar-refractivity contribution >= 4 is 0 Å². The second-order valence-corrected chi connectivity index (χ2v) is 5.40. The van der Waals surface area contributed by atoms with Crippen LogP contribution in [0.15, 0.2) is 21.9 Å². The Hall–Kier alpha value is -1.55. The highest BCUT2D eigenvalue weighted by molar-refractivity contribution is 4.91. The summed E-state index contributed by atoms with van der Waals surface area (Å²) in [6.07, 6.45) is -1.87. The van der Waals surface area contributed by atoms with Gasteiger partial charge in [-0.2, -0.15) is 4.39 Å². The number of alkyl halides is 1. The molecular formula is C15H26FN3O5. The van der Waals surface area contributed by atoms with Crippen molar-refractivity contribution in [1.82, 2.24) is 14.5 Å². The van der Waals surface area contributed by atoms with Crippen LogP contribution in [0, 0.1) is 0 Å². The highest BCUT2D eigenvalue weighted by Crippen LogP contribution is 2.35. The van der Waals surface area contributed by atoms with Gasteiger partial charge < -0.3 is 19.8 Å². The average Bonchev–Trinajstić information content (AvgIpc) is 2.84. The number of ether oxygens (including phenoxy) is 1. The molecule has 0 aromatic carbocycles. The summed E-state index contributed by atoms with van der Waals surface area (Å²) in [5.41, 5.74) is -1.64. The van der Waals surface area contributed by atoms with Crippen LogP contribution in [0.3, 0.4) is 0 Å². The number of aliphatic hydroxyl groups excluding tert-OH is 2. The molecule has 0 spiro atoms. The third-order valence-corrected chi connectivity index (χ3v) is 3.93. The van der Waals surface area contributed by atoms with Crippen LogP contribution in [-0.4, -0.2) is 63.1 Å². The second kappa shape index (κ2) is 9.07. The van der Waals surface area contributed by atoms with E-state index < -0.39 is 42.5 Å². The van der Waals surface area contributed by atoms with E-state index in [0.29, 0.717) is 4.57 Å². The number of aromatic amines is 1. The van der Waals surface area contributed by atoms with Crippen LogP contribution in [0.4, 0.5) is 4.39 Å². The van der Waals surface area contributed by atoms with Gasteiger partial charge in [-0.25, -0.2) is 9.36 Å². The van der Waals surface area contributed by atoms with E-state index in [9.17, 15) is 19.1 Å². The molecule has 1 aromatic heterocycles. The van der Waals surface area contributed by atoms with Gasteiger partial charge in [0.2, 0.25) is 0 Å². The van der Waals surface area contributed by atoms with Crippen LogP contribution in [0.5, 0.6) is 0 Å². The number of aliphatic hydroxyl groups is 2. The lowest BCUT2D eigenvalue weighted by Crippen LogP contribution is -2.41. The molecule has 138 valence electrons. The maximum Gasteiger partial charge on any atom is 0.332 e. The number of nitrogens with zero attached hydrogens (tertiary/aromatic N) is 2. The zero-order chi connectivity index (χ0) is 18.3. The normalized spacial score (nSPS) is 26.3. The summed E-state index contributed by atoms with van der Waals surface area (Å²) in [6.45, 7) is 9.56. The van der Waals surface area contributed by atoms with Crippen LogP contribution in [0.2, 0.25) is 0 Å². The van der Waals surface area contributed by atoms with Crippen LogP contribution in [0.1, 0.15) is 27.2 Å². The Bertz CT molecular complexity index is 610. The summed E-state index contributed by atoms with van der Waals surface area (Å²) in [5.74, 6) is -2.56. The van der Waals surface area contributed by atoms with Crippen LogP contribution < -0.4 is 11.2 Å². The van der Waals surface area contributed by atoms with Crippen molar-refractivity contribution in [1.29, 1.82) is 0 Å². The lowest BCUT2D eigenvalue weighted by Gasteiger charge is -2.21. The summed E-state index contributed by atoms with van der Waals surface area (Å²) >= 11 is 0. The quantitative estimate of drug-likeness (QED) is 0.669. The highest BCUT2D eigenvalue weighted by atomic mass is 19.2. The number of nitrogens with one attached hydrogen (secondary N) is 1. The Morgan fingerprint density at radius 1 is 1.38 bits per heavy atom. The number of aromatic nitrogens is 2. The fourth-order valence-electron chi connectivity index (χ4n) is 2.41. The number of hydrogen-bond acceptors (Lipinski definition) is 6. The van der Waals surface area contributed by atoms with E-state index in [1.54, 1.807) is 0 Å². The molecule has 0 aliphatic carbocycles. The lowest BCUT2D eigenvalue weighted by atomic mass is 10.2. The molecule has 9 heteroatoms. The van der Waals surface area contributed by atoms with Gasteiger partial charge in [0.25, 0.3) is 11.5 Å². The van der Waals surface area contributed by atoms with Gasteiger partial charge in [0.05, 0.1) is 19.1 Å². The van der Waals surface area contributed by atoms with Crippen LogP contribution >= 0.6 is 0 Å². The van der Waals surface area contributed by atoms with Gasteiger partial charge in [-0.05, 0) is 19.6 Å². The van der Waals surface area contributed by atoms with Crippen molar-refractivity contribution in [3.8, 4) is 0 Å². The molecule has 0 saturated carbocycles. The highest BCUT2D eigenvalue weighted by Gasteiger charge is 2.48. The topological polar surface area (TPSA) is 108 Å². The van der Waals surface area contributed by atoms with E-state index in [0.717, 1.165) is 12.3 Å². The largest absolute Gasteiger partial charge is 0.394 e. The van der Waals surface area contributed by atoms with Gasteiger partial charge >= 0.3 is 5.69 Å². The molecule has 3 atom stereocenters. The van der Waals surface area contributed by atoms with Gasteiger partial charge in [0, 0.05) is 12.3 Å². The van der Waals surface area contributed by atoms with Crippen LogP contribution in [0.25, 0.3) is 0 Å². The predicted molar refractivity (Wildman–Crippen MR) is 86.4 cm³/mol. The molecule has 0 unspecified atom stereocenters. The first-order valence-electron chi connectivity index (χ1n) is 8.01. The molecule has 0 amide bonds. The minimum absolute atomic E-state index is 0.496. The first-order chi connectivity index (χ1) is 11.3. The van der Waals surface area contributed by atoms with E-state index in [1.807, 2.05) is 4.98 Å². The van der Waals surface area contributed by atoms with Crippen molar-refractivity contribution < 1.29 is 19.3 Å². The molecule has 24 heavy (non-hydrogen) atoms. The molecule has 1 aromatic rings. The molecule has 1 saturated heterocycles. The van der Waals surface area contributed by atoms with Crippen molar-refractivity contribution in [3.05, 3.63) is 33.1 Å². The molecule has 0 radical (unpaired) electrons. The van der Waals surface area contributed by atoms with Gasteiger partial charge in [-0.1, -0.05) is 20.8 Å². The molecule has 3 N–H and O–H groups in total. The SMILES string of the molecule is CCN(CC)CC.O=c1ccn([C@@]2(F)C[C@H](O)[C@@H](CO)O2)c(=O)[nH]1. The van der Waals surface area contributed by atoms with Gasteiger partial charge in [0.15, 0.2) is 0 Å². The summed E-state index contributed by atoms with van der Waals surface area (Å²) < 4.78 is 19.6. The van der Waals surface area contributed by atoms with E-state index in [1.165, 1.54) is 19.6 Å². The molecular weight excluding hydrogens is 321 g/mol. The molecule has 1 fully saturated rings. The maximum absolute atomic E-state index is 14.3. The van der Waals surface area contributed by atoms with Gasteiger partial charge in [-0.15, -0.1) is 0 Å². The summed E-state index contributed by atoms with van der Waals surface area (Å²) in [7, 11) is 0. The van der Waals surface area contributed by atoms with E-state index >= 15 is 0 Å². The monoisotopic (exact) mass is 347 g/mol. The van der Waals surface area contributed by atoms with Crippen molar-refractivity contribution in [2.45, 2.75) is 45.4 Å². The number of rotatable bonds is 5. The number of H-pyrrole nitrogens is 1. The summed E-state index contributed by atoms with van der Waals surface area (Å²) in [5, 5.41) is 18.3. The lowest BCUT2D eigenvalue weighted by molar-refractivity contribution is -0.205. The Morgan fingerprint density at radius 3 is 2.33 bits per heavy atom. The summed E-state index contributed by atoms with van der Waals surface area (Å²) in [6, 6.07) is 0.963. The standard InChI is InChI=1S/C9H11FN2O5.C6H15N/c10-9(3-5(14)6(4-13)17-9)12-2-1-7(15)11-8(12)16;1-4-7(5-2)6-3/h1-2,5-6,13-14H,3-4H2,(H,11,15,16);4-6H2,1-3H3/t5-,6+,9-;/m0./s1. The Kier molecular flexibility index (Phi) is 7.74. The van der Waals surface area contributed by atoms with E-state index in [2.05, 4.69) is 25.7 Å². The maximum atomic E-state index is 14.3. The average molecular weight is 347 g/mol. The number of hydrogen-bond donors (Lipinski definition) is 3. The fraction of sp³-hybridized carbons (Fsp3) is 0.733. The van der Waals surface area contributed by atoms with Crippen molar-refractivity contribution in [2.75, 3.05) is 26.2 Å². The minimum Gasteiger partial charge on any atom is -0.394 e. The van der Waals surface area contributed by atoms with Crippen molar-refractivity contribution in [3.63, 3.8) is 0 Å². The van der Waals surface area contributed by atoms with Crippen LogP contribution in [-0.2, 0) is 10.7 Å². The Balaban J connectivity index is 0.000000351. The van der Waals surface area contributed by atoms with Gasteiger partial charge in [0.1, 0.15) is 6.10 Å². The minimum atomic E-state index is -2.56. The first kappa shape index (κ1) is 20.5. The molecule has 1 aliphatic rings. The molecule has 8 nitrogen and oxygen atoms in total. The fourth-order valence-corrected chi connectivity index (χ4v) is 2.41. The smallest absolute Gasteiger partial charge is 0.332 e. The Labute approximate surface area is 139 Å². The Morgan fingerprint density at radius 2 is 1.96 bits per heavy atom. The zero-order valence-corrected chi connectivity index (χ0v) is 14.2. The molecule has 0 bridgehead atoms. The molecule has 2 rings (SSSR count). The van der Waals surface area contributed by atoms with Gasteiger partial charge in [-0.3, -0.25) is 9.78 Å². The predicted octanol–water partition coefficient (Wildman–Crippen LogP) is -0.393. The third kappa shape index (κ3) is 4.97. The van der Waals surface area contributed by atoms with E-state index in [4.69, 9.17) is 9.84 Å².